The summed E-state index contributed by atoms with van der Waals surface area (Å²) in [5, 5.41) is 0. The summed E-state index contributed by atoms with van der Waals surface area (Å²) in [5.41, 5.74) is 0.606. The molecule has 25 heavy (non-hydrogen) atoms. The van der Waals surface area contributed by atoms with Crippen molar-refractivity contribution in [3.05, 3.63) is 36.4 Å². The van der Waals surface area contributed by atoms with E-state index < -0.39 is 0 Å². The molecule has 0 N–H and O–H groups in total. The molecule has 0 amide bonds. The van der Waals surface area contributed by atoms with Crippen LogP contribution in [0.25, 0.3) is 0 Å². The number of carbonyl (C=O) groups is 2. The van der Waals surface area contributed by atoms with Crippen LogP contribution in [0.4, 0.5) is 0 Å². The number of ketones is 1. The average molecular weight is 348 g/mol. The quantitative estimate of drug-likeness (QED) is 0.434. The maximum Gasteiger partial charge on any atom is 0.231 e. The summed E-state index contributed by atoms with van der Waals surface area (Å²) in [6.45, 7) is 7.76. The zero-order valence-electron chi connectivity index (χ0n) is 15.0. The summed E-state index contributed by atoms with van der Waals surface area (Å²) in [6, 6.07) is 5.09. The van der Waals surface area contributed by atoms with Crippen molar-refractivity contribution in [3.63, 3.8) is 0 Å². The van der Waals surface area contributed by atoms with Crippen molar-refractivity contribution in [2.45, 2.75) is 45.4 Å². The maximum absolute atomic E-state index is 10.6. The molecule has 2 heterocycles. The Morgan fingerprint density at radius 1 is 1.16 bits per heavy atom. The zero-order valence-corrected chi connectivity index (χ0v) is 15.0. The summed E-state index contributed by atoms with van der Waals surface area (Å²) in [7, 11) is 0. The van der Waals surface area contributed by atoms with Gasteiger partial charge in [0, 0.05) is 25.2 Å². The molecule has 0 saturated carbocycles. The number of unbranched alkanes of at least 4 members (excludes halogenated alkanes) is 2. The Balaban J connectivity index is 0.000000201. The number of benzene rings is 1. The number of hydrogen-bond donors (Lipinski definition) is 0. The van der Waals surface area contributed by atoms with E-state index in [0.29, 0.717) is 23.5 Å². The molecule has 0 aliphatic carbocycles. The molecule has 1 fully saturated rings. The molecule has 0 radical (unpaired) electrons. The molecule has 1 saturated heterocycles. The van der Waals surface area contributed by atoms with Crippen LogP contribution in [0.5, 0.6) is 11.5 Å². The highest BCUT2D eigenvalue weighted by atomic mass is 16.7. The zero-order chi connectivity index (χ0) is 18.3. The van der Waals surface area contributed by atoms with Gasteiger partial charge in [-0.1, -0.05) is 26.3 Å². The van der Waals surface area contributed by atoms with E-state index in [-0.39, 0.29) is 12.6 Å². The van der Waals surface area contributed by atoms with Crippen molar-refractivity contribution in [1.82, 2.24) is 0 Å². The highest BCUT2D eigenvalue weighted by molar-refractivity contribution is 5.88. The van der Waals surface area contributed by atoms with Crippen LogP contribution in [0.15, 0.2) is 30.9 Å². The van der Waals surface area contributed by atoms with E-state index in [2.05, 4.69) is 13.5 Å². The maximum atomic E-state index is 10.6. The van der Waals surface area contributed by atoms with Gasteiger partial charge in [-0.15, -0.1) is 0 Å². The lowest BCUT2D eigenvalue weighted by Crippen LogP contribution is -1.92. The number of allylic oxidation sites excluding steroid dienone is 1. The molecule has 1 aromatic rings. The SMILES string of the molecule is C1CCOC1.C=CC(=O)CCCCC.O=Cc1ccc2c(c1)OCO2. The number of rotatable bonds is 6. The van der Waals surface area contributed by atoms with Gasteiger partial charge in [0.15, 0.2) is 17.3 Å². The van der Waals surface area contributed by atoms with Crippen molar-refractivity contribution in [3.8, 4) is 11.5 Å². The molecule has 2 aliphatic heterocycles. The monoisotopic (exact) mass is 348 g/mol. The fourth-order valence-corrected chi connectivity index (χ4v) is 2.15. The van der Waals surface area contributed by atoms with Gasteiger partial charge in [0.05, 0.1) is 0 Å². The minimum atomic E-state index is 0.170. The fourth-order valence-electron chi connectivity index (χ4n) is 2.15. The average Bonchev–Trinajstić information content (AvgIpc) is 3.36. The molecule has 0 unspecified atom stereocenters. The van der Waals surface area contributed by atoms with Gasteiger partial charge in [0.25, 0.3) is 0 Å². The minimum Gasteiger partial charge on any atom is -0.454 e. The third-order valence-corrected chi connectivity index (χ3v) is 3.61. The molecule has 3 rings (SSSR count). The van der Waals surface area contributed by atoms with Gasteiger partial charge in [-0.05, 0) is 43.5 Å². The predicted molar refractivity (Wildman–Crippen MR) is 97.4 cm³/mol. The lowest BCUT2D eigenvalue weighted by Gasteiger charge is -1.94. The number of aldehydes is 1. The second-order valence-corrected chi connectivity index (χ2v) is 5.68. The van der Waals surface area contributed by atoms with Crippen LogP contribution in [0.1, 0.15) is 55.8 Å². The molecule has 1 aromatic carbocycles. The Morgan fingerprint density at radius 3 is 2.44 bits per heavy atom. The van der Waals surface area contributed by atoms with Gasteiger partial charge in [-0.25, -0.2) is 0 Å². The predicted octanol–water partition coefficient (Wildman–Crippen LogP) is 4.35. The van der Waals surface area contributed by atoms with Crippen LogP contribution < -0.4 is 9.47 Å². The van der Waals surface area contributed by atoms with Crippen molar-refractivity contribution in [2.24, 2.45) is 0 Å². The summed E-state index contributed by atoms with van der Waals surface area (Å²) < 4.78 is 15.1. The van der Waals surface area contributed by atoms with Gasteiger partial charge in [0.1, 0.15) is 6.29 Å². The van der Waals surface area contributed by atoms with E-state index in [1.807, 2.05) is 0 Å². The molecule has 138 valence electrons. The highest BCUT2D eigenvalue weighted by Crippen LogP contribution is 2.31. The highest BCUT2D eigenvalue weighted by Gasteiger charge is 2.12. The number of fused-ring (bicyclic) bond motifs is 1. The van der Waals surface area contributed by atoms with E-state index >= 15 is 0 Å². The third-order valence-electron chi connectivity index (χ3n) is 3.61. The molecule has 0 bridgehead atoms. The number of ether oxygens (including phenoxy) is 3. The summed E-state index contributed by atoms with van der Waals surface area (Å²) >= 11 is 0. The molecule has 0 aromatic heterocycles. The summed E-state index contributed by atoms with van der Waals surface area (Å²) in [6.07, 6.45) is 8.75. The smallest absolute Gasteiger partial charge is 0.231 e. The number of hydrogen-bond acceptors (Lipinski definition) is 5. The molecular formula is C20H28O5. The Labute approximate surface area is 150 Å². The lowest BCUT2D eigenvalue weighted by atomic mass is 10.1. The van der Waals surface area contributed by atoms with Crippen molar-refractivity contribution in [1.29, 1.82) is 0 Å². The van der Waals surface area contributed by atoms with Gasteiger partial charge >= 0.3 is 0 Å². The first-order valence-electron chi connectivity index (χ1n) is 8.79. The van der Waals surface area contributed by atoms with Gasteiger partial charge in [-0.3, -0.25) is 9.59 Å². The molecule has 2 aliphatic rings. The van der Waals surface area contributed by atoms with Gasteiger partial charge in [0.2, 0.25) is 6.79 Å². The van der Waals surface area contributed by atoms with Gasteiger partial charge < -0.3 is 14.2 Å². The first-order valence-corrected chi connectivity index (χ1v) is 8.79. The largest absolute Gasteiger partial charge is 0.454 e. The Hall–Kier alpha value is -2.14. The summed E-state index contributed by atoms with van der Waals surface area (Å²) in [4.78, 5) is 20.9. The first-order chi connectivity index (χ1) is 12.2. The second-order valence-electron chi connectivity index (χ2n) is 5.68. The van der Waals surface area contributed by atoms with Crippen molar-refractivity contribution < 1.29 is 23.8 Å². The minimum absolute atomic E-state index is 0.170. The van der Waals surface area contributed by atoms with Gasteiger partial charge in [-0.2, -0.15) is 0 Å². The molecular weight excluding hydrogens is 320 g/mol. The van der Waals surface area contributed by atoms with Crippen LogP contribution in [0.2, 0.25) is 0 Å². The normalized spacial score (nSPS) is 13.8. The third kappa shape index (κ3) is 9.05. The Bertz CT molecular complexity index is 527. The van der Waals surface area contributed by atoms with Crippen LogP contribution in [0, 0.1) is 0 Å². The topological polar surface area (TPSA) is 61.8 Å². The van der Waals surface area contributed by atoms with E-state index in [9.17, 15) is 9.59 Å². The van der Waals surface area contributed by atoms with E-state index in [0.717, 1.165) is 32.3 Å². The fraction of sp³-hybridized carbons (Fsp3) is 0.500. The molecule has 5 nitrogen and oxygen atoms in total. The molecule has 0 spiro atoms. The van der Waals surface area contributed by atoms with E-state index in [1.54, 1.807) is 18.2 Å². The Morgan fingerprint density at radius 2 is 1.88 bits per heavy atom. The summed E-state index contributed by atoms with van der Waals surface area (Å²) in [5.74, 6) is 1.52. The Kier molecular flexibility index (Phi) is 11.0. The first kappa shape index (κ1) is 20.9. The standard InChI is InChI=1S/C8H6O3.C8H14O.C4H8O/c9-4-6-1-2-7-8(3-6)11-5-10-7;1-3-5-6-7-8(9)4-2;1-2-4-5-3-1/h1-4H,5H2;4H,2-3,5-7H2,1H3;1-4H2. The second kappa shape index (κ2) is 13.2. The molecule has 0 atom stereocenters. The lowest BCUT2D eigenvalue weighted by molar-refractivity contribution is -0.114. The van der Waals surface area contributed by atoms with Crippen molar-refractivity contribution >= 4 is 12.1 Å². The van der Waals surface area contributed by atoms with E-state index in [1.165, 1.54) is 25.3 Å². The van der Waals surface area contributed by atoms with Crippen LogP contribution in [-0.4, -0.2) is 32.1 Å². The number of carbonyl (C=O) groups excluding carboxylic acids is 2. The van der Waals surface area contributed by atoms with E-state index in [4.69, 9.17) is 14.2 Å². The van der Waals surface area contributed by atoms with Crippen LogP contribution >= 0.6 is 0 Å². The van der Waals surface area contributed by atoms with Crippen molar-refractivity contribution in [2.75, 3.05) is 20.0 Å². The molecule has 5 heteroatoms. The van der Waals surface area contributed by atoms with Crippen LogP contribution in [0.3, 0.4) is 0 Å². The van der Waals surface area contributed by atoms with Crippen LogP contribution in [-0.2, 0) is 9.53 Å².